The van der Waals surface area contributed by atoms with Gasteiger partial charge in [0, 0.05) is 15.9 Å². The van der Waals surface area contributed by atoms with Gasteiger partial charge < -0.3 is 5.11 Å². The normalized spacial score (nSPS) is 12.4. The number of aliphatic hydroxyl groups excluding tert-OH is 1. The standard InChI is InChI=1S/C14H11BrClFO/c15-10-3-6-12(13(16)8-10)14(18)7-9-1-4-11(17)5-2-9/h1-6,8,14,18H,7H2. The molecule has 0 aliphatic heterocycles. The largest absolute Gasteiger partial charge is 0.388 e. The van der Waals surface area contributed by atoms with E-state index in [2.05, 4.69) is 15.9 Å². The van der Waals surface area contributed by atoms with Crippen LogP contribution in [0.3, 0.4) is 0 Å². The van der Waals surface area contributed by atoms with Gasteiger partial charge in [0.1, 0.15) is 5.82 Å². The van der Waals surface area contributed by atoms with Gasteiger partial charge >= 0.3 is 0 Å². The second-order valence-electron chi connectivity index (χ2n) is 4.01. The summed E-state index contributed by atoms with van der Waals surface area (Å²) in [5.41, 5.74) is 1.53. The monoisotopic (exact) mass is 328 g/mol. The molecular weight excluding hydrogens is 319 g/mol. The van der Waals surface area contributed by atoms with Crippen LogP contribution >= 0.6 is 27.5 Å². The average molecular weight is 330 g/mol. The fraction of sp³-hybridized carbons (Fsp3) is 0.143. The van der Waals surface area contributed by atoms with E-state index >= 15 is 0 Å². The van der Waals surface area contributed by atoms with E-state index in [4.69, 9.17) is 11.6 Å². The maximum absolute atomic E-state index is 12.8. The molecular formula is C14H11BrClFO. The predicted molar refractivity (Wildman–Crippen MR) is 74.2 cm³/mol. The summed E-state index contributed by atoms with van der Waals surface area (Å²) in [5.74, 6) is -0.282. The molecule has 4 heteroatoms. The van der Waals surface area contributed by atoms with Gasteiger partial charge in [-0.3, -0.25) is 0 Å². The van der Waals surface area contributed by atoms with Crippen molar-refractivity contribution in [3.8, 4) is 0 Å². The summed E-state index contributed by atoms with van der Waals surface area (Å²) in [6.07, 6.45) is -0.294. The molecule has 0 fully saturated rings. The Bertz CT molecular complexity index is 542. The topological polar surface area (TPSA) is 20.2 Å². The molecule has 1 unspecified atom stereocenters. The van der Waals surface area contributed by atoms with Crippen LogP contribution in [0.1, 0.15) is 17.2 Å². The van der Waals surface area contributed by atoms with Crippen molar-refractivity contribution in [3.63, 3.8) is 0 Å². The number of hydrogen-bond donors (Lipinski definition) is 1. The van der Waals surface area contributed by atoms with E-state index in [0.717, 1.165) is 10.0 Å². The third kappa shape index (κ3) is 3.31. The third-order valence-corrected chi connectivity index (χ3v) is 3.48. The molecule has 94 valence electrons. The lowest BCUT2D eigenvalue weighted by molar-refractivity contribution is 0.178. The molecule has 0 saturated heterocycles. The van der Waals surface area contributed by atoms with Gasteiger partial charge in [0.15, 0.2) is 0 Å². The Morgan fingerprint density at radius 2 is 1.83 bits per heavy atom. The van der Waals surface area contributed by atoms with Crippen molar-refractivity contribution in [2.45, 2.75) is 12.5 Å². The van der Waals surface area contributed by atoms with E-state index in [1.807, 2.05) is 6.07 Å². The Morgan fingerprint density at radius 1 is 1.17 bits per heavy atom. The minimum Gasteiger partial charge on any atom is -0.388 e. The Balaban J connectivity index is 2.16. The lowest BCUT2D eigenvalue weighted by Crippen LogP contribution is -2.02. The highest BCUT2D eigenvalue weighted by atomic mass is 79.9. The minimum atomic E-state index is -0.698. The van der Waals surface area contributed by atoms with Crippen LogP contribution in [-0.2, 0) is 6.42 Å². The van der Waals surface area contributed by atoms with Crippen LogP contribution in [0, 0.1) is 5.82 Å². The highest BCUT2D eigenvalue weighted by Crippen LogP contribution is 2.28. The van der Waals surface area contributed by atoms with Gasteiger partial charge in [-0.25, -0.2) is 4.39 Å². The molecule has 0 amide bonds. The Labute approximate surface area is 118 Å². The molecule has 0 aromatic heterocycles. The molecule has 2 rings (SSSR count). The first kappa shape index (κ1) is 13.5. The van der Waals surface area contributed by atoms with Crippen molar-refractivity contribution >= 4 is 27.5 Å². The molecule has 18 heavy (non-hydrogen) atoms. The summed E-state index contributed by atoms with van der Waals surface area (Å²) >= 11 is 9.38. The van der Waals surface area contributed by atoms with Crippen molar-refractivity contribution < 1.29 is 9.50 Å². The fourth-order valence-electron chi connectivity index (χ4n) is 1.73. The van der Waals surface area contributed by atoms with Crippen LogP contribution in [0.2, 0.25) is 5.02 Å². The number of rotatable bonds is 3. The quantitative estimate of drug-likeness (QED) is 0.878. The van der Waals surface area contributed by atoms with E-state index in [1.54, 1.807) is 24.3 Å². The van der Waals surface area contributed by atoms with E-state index in [0.29, 0.717) is 17.0 Å². The van der Waals surface area contributed by atoms with Crippen molar-refractivity contribution in [2.75, 3.05) is 0 Å². The van der Waals surface area contributed by atoms with Crippen LogP contribution in [0.25, 0.3) is 0 Å². The molecule has 2 aromatic rings. The van der Waals surface area contributed by atoms with E-state index in [9.17, 15) is 9.50 Å². The highest BCUT2D eigenvalue weighted by Gasteiger charge is 2.12. The minimum absolute atomic E-state index is 0.282. The van der Waals surface area contributed by atoms with Crippen molar-refractivity contribution in [1.29, 1.82) is 0 Å². The van der Waals surface area contributed by atoms with Crippen molar-refractivity contribution in [2.24, 2.45) is 0 Å². The highest BCUT2D eigenvalue weighted by molar-refractivity contribution is 9.10. The van der Waals surface area contributed by atoms with Crippen molar-refractivity contribution in [1.82, 2.24) is 0 Å². The maximum atomic E-state index is 12.8. The molecule has 0 saturated carbocycles. The van der Waals surface area contributed by atoms with Gasteiger partial charge in [0.25, 0.3) is 0 Å². The molecule has 2 aromatic carbocycles. The molecule has 1 atom stereocenters. The molecule has 1 N–H and O–H groups in total. The number of benzene rings is 2. The SMILES string of the molecule is OC(Cc1ccc(F)cc1)c1ccc(Br)cc1Cl. The summed E-state index contributed by atoms with van der Waals surface area (Å²) in [6.45, 7) is 0. The molecule has 0 bridgehead atoms. The smallest absolute Gasteiger partial charge is 0.123 e. The van der Waals surface area contributed by atoms with Gasteiger partial charge in [0.2, 0.25) is 0 Å². The fourth-order valence-corrected chi connectivity index (χ4v) is 2.52. The van der Waals surface area contributed by atoms with Gasteiger partial charge in [-0.1, -0.05) is 45.7 Å². The zero-order valence-corrected chi connectivity index (χ0v) is 11.7. The average Bonchev–Trinajstić information content (AvgIpc) is 2.32. The molecule has 0 aliphatic rings. The number of hydrogen-bond acceptors (Lipinski definition) is 1. The zero-order valence-electron chi connectivity index (χ0n) is 9.41. The van der Waals surface area contributed by atoms with Crippen LogP contribution in [0.5, 0.6) is 0 Å². The van der Waals surface area contributed by atoms with E-state index in [-0.39, 0.29) is 5.82 Å². The van der Waals surface area contributed by atoms with Crippen LogP contribution < -0.4 is 0 Å². The van der Waals surface area contributed by atoms with E-state index < -0.39 is 6.10 Å². The lowest BCUT2D eigenvalue weighted by atomic mass is 10.0. The summed E-state index contributed by atoms with van der Waals surface area (Å²) in [5, 5.41) is 10.6. The summed E-state index contributed by atoms with van der Waals surface area (Å²) in [7, 11) is 0. The number of halogens is 3. The second-order valence-corrected chi connectivity index (χ2v) is 5.34. The first-order valence-electron chi connectivity index (χ1n) is 5.44. The lowest BCUT2D eigenvalue weighted by Gasteiger charge is -2.13. The van der Waals surface area contributed by atoms with Gasteiger partial charge in [-0.05, 0) is 35.4 Å². The van der Waals surface area contributed by atoms with Gasteiger partial charge in [-0.2, -0.15) is 0 Å². The molecule has 0 spiro atoms. The third-order valence-electron chi connectivity index (χ3n) is 2.66. The summed E-state index contributed by atoms with van der Waals surface area (Å²) in [6, 6.07) is 11.4. The molecule has 1 nitrogen and oxygen atoms in total. The Morgan fingerprint density at radius 3 is 2.44 bits per heavy atom. The van der Waals surface area contributed by atoms with Crippen LogP contribution in [0.4, 0.5) is 4.39 Å². The number of aliphatic hydroxyl groups is 1. The zero-order chi connectivity index (χ0) is 13.1. The van der Waals surface area contributed by atoms with Crippen LogP contribution in [0.15, 0.2) is 46.9 Å². The first-order valence-corrected chi connectivity index (χ1v) is 6.61. The van der Waals surface area contributed by atoms with Crippen molar-refractivity contribution in [3.05, 3.63) is 68.9 Å². The summed E-state index contributed by atoms with van der Waals surface area (Å²) in [4.78, 5) is 0. The predicted octanol–water partition coefficient (Wildman–Crippen LogP) is 4.52. The molecule has 0 aliphatic carbocycles. The van der Waals surface area contributed by atoms with Gasteiger partial charge in [-0.15, -0.1) is 0 Å². The molecule has 0 heterocycles. The first-order chi connectivity index (χ1) is 8.56. The summed E-state index contributed by atoms with van der Waals surface area (Å²) < 4.78 is 13.6. The van der Waals surface area contributed by atoms with Gasteiger partial charge in [0.05, 0.1) is 6.10 Å². The maximum Gasteiger partial charge on any atom is 0.123 e. The van der Waals surface area contributed by atoms with E-state index in [1.165, 1.54) is 12.1 Å². The Hall–Kier alpha value is -0.900. The van der Waals surface area contributed by atoms with Crippen LogP contribution in [-0.4, -0.2) is 5.11 Å². The Kier molecular flexibility index (Phi) is 4.38. The second kappa shape index (κ2) is 5.83. The molecule has 0 radical (unpaired) electrons.